The van der Waals surface area contributed by atoms with Gasteiger partial charge in [0.1, 0.15) is 5.82 Å². The lowest BCUT2D eigenvalue weighted by Crippen LogP contribution is -2.41. The van der Waals surface area contributed by atoms with Gasteiger partial charge in [-0.05, 0) is 86.1 Å². The highest BCUT2D eigenvalue weighted by molar-refractivity contribution is 6.62. The third-order valence-electron chi connectivity index (χ3n) is 8.04. The number of H-pyrrole nitrogens is 1. The van der Waals surface area contributed by atoms with Gasteiger partial charge in [-0.1, -0.05) is 36.4 Å². The molecule has 4 aromatic rings. The molecule has 6 rings (SSSR count). The molecule has 0 saturated carbocycles. The first kappa shape index (κ1) is 23.1. The van der Waals surface area contributed by atoms with E-state index in [9.17, 15) is 9.90 Å². The highest BCUT2D eigenvalue weighted by atomic mass is 16.7. The average Bonchev–Trinajstić information content (AvgIpc) is 3.53. The predicted molar refractivity (Wildman–Crippen MR) is 141 cm³/mol. The monoisotopic (exact) mass is 483 g/mol. The van der Waals surface area contributed by atoms with Crippen LogP contribution in [0.2, 0.25) is 0 Å². The molecule has 0 spiro atoms. The largest absolute Gasteiger partial charge is 0.494 e. The number of likely N-dealkylation sites (tertiary alicyclic amines) is 1. The molecule has 1 atom stereocenters. The number of nitrogens with zero attached hydrogens (tertiary/aromatic N) is 2. The summed E-state index contributed by atoms with van der Waals surface area (Å²) in [6.45, 7) is 8.81. The molecule has 7 nitrogen and oxygen atoms in total. The van der Waals surface area contributed by atoms with E-state index in [1.54, 1.807) is 0 Å². The molecule has 2 aliphatic heterocycles. The van der Waals surface area contributed by atoms with Crippen molar-refractivity contribution in [3.63, 3.8) is 0 Å². The number of hydrogen-bond acceptors (Lipinski definition) is 4. The summed E-state index contributed by atoms with van der Waals surface area (Å²) in [5.74, 6) is 0.718. The minimum atomic E-state index is -0.892. The van der Waals surface area contributed by atoms with Gasteiger partial charge in [0.25, 0.3) is 0 Å². The van der Waals surface area contributed by atoms with Crippen molar-refractivity contribution in [1.82, 2.24) is 14.9 Å². The van der Waals surface area contributed by atoms with Crippen LogP contribution in [0.3, 0.4) is 0 Å². The van der Waals surface area contributed by atoms with Crippen molar-refractivity contribution in [2.75, 3.05) is 6.54 Å². The van der Waals surface area contributed by atoms with Crippen molar-refractivity contribution in [2.24, 2.45) is 0 Å². The molecular formula is C28H30BN3O4. The number of benzene rings is 3. The van der Waals surface area contributed by atoms with Crippen LogP contribution in [0.1, 0.15) is 52.4 Å². The smallest absolute Gasteiger partial charge is 0.465 e. The first-order valence-corrected chi connectivity index (χ1v) is 12.5. The molecule has 0 bridgehead atoms. The fourth-order valence-corrected chi connectivity index (χ4v) is 5.22. The van der Waals surface area contributed by atoms with E-state index in [2.05, 4.69) is 81.2 Å². The minimum absolute atomic E-state index is 0.211. The third kappa shape index (κ3) is 3.76. The van der Waals surface area contributed by atoms with E-state index in [4.69, 9.17) is 14.3 Å². The summed E-state index contributed by atoms with van der Waals surface area (Å²) in [7, 11) is -0.382. The molecule has 3 heterocycles. The number of aromatic nitrogens is 2. The van der Waals surface area contributed by atoms with E-state index in [1.807, 2.05) is 6.07 Å². The Hall–Kier alpha value is -3.36. The van der Waals surface area contributed by atoms with Crippen LogP contribution in [-0.4, -0.2) is 50.9 Å². The van der Waals surface area contributed by atoms with Gasteiger partial charge in [-0.25, -0.2) is 9.78 Å². The van der Waals surface area contributed by atoms with E-state index in [-0.39, 0.29) is 24.4 Å². The SMILES string of the molecule is CC1(C)OB(c2ccc3cc(-c4ccc5nc(C6CCCN6C(=O)O)[nH]c5c4)ccc3c2)OC1(C)C. The quantitative estimate of drug-likeness (QED) is 0.376. The molecule has 2 N–H and O–H groups in total. The van der Waals surface area contributed by atoms with Crippen LogP contribution in [0.5, 0.6) is 0 Å². The van der Waals surface area contributed by atoms with Gasteiger partial charge in [0.15, 0.2) is 0 Å². The Morgan fingerprint density at radius 3 is 2.42 bits per heavy atom. The summed E-state index contributed by atoms with van der Waals surface area (Å²) in [5.41, 5.74) is 4.22. The summed E-state index contributed by atoms with van der Waals surface area (Å²) in [6.07, 6.45) is 0.751. The molecule has 1 amide bonds. The minimum Gasteiger partial charge on any atom is -0.465 e. The number of carboxylic acid groups (broad SMARTS) is 1. The Bertz CT molecular complexity index is 1480. The molecule has 0 radical (unpaired) electrons. The zero-order valence-electron chi connectivity index (χ0n) is 21.0. The first-order valence-electron chi connectivity index (χ1n) is 12.5. The van der Waals surface area contributed by atoms with Crippen molar-refractivity contribution >= 4 is 40.5 Å². The van der Waals surface area contributed by atoms with E-state index < -0.39 is 6.09 Å². The number of carbonyl (C=O) groups is 1. The zero-order valence-corrected chi connectivity index (χ0v) is 21.0. The zero-order chi connectivity index (χ0) is 25.2. The maximum atomic E-state index is 11.6. The Morgan fingerprint density at radius 2 is 1.67 bits per heavy atom. The van der Waals surface area contributed by atoms with E-state index in [1.165, 1.54) is 4.90 Å². The van der Waals surface area contributed by atoms with Crippen LogP contribution in [0, 0.1) is 0 Å². The number of aromatic amines is 1. The van der Waals surface area contributed by atoms with Crippen molar-refractivity contribution < 1.29 is 19.2 Å². The van der Waals surface area contributed by atoms with Crippen molar-refractivity contribution in [1.29, 1.82) is 0 Å². The van der Waals surface area contributed by atoms with Gasteiger partial charge < -0.3 is 19.4 Å². The van der Waals surface area contributed by atoms with E-state index in [0.717, 1.165) is 57.1 Å². The maximum Gasteiger partial charge on any atom is 0.494 e. The molecule has 2 fully saturated rings. The van der Waals surface area contributed by atoms with E-state index in [0.29, 0.717) is 6.54 Å². The van der Waals surface area contributed by atoms with Crippen molar-refractivity contribution in [2.45, 2.75) is 57.8 Å². The highest BCUT2D eigenvalue weighted by Gasteiger charge is 2.51. The molecule has 2 aliphatic rings. The molecule has 3 aromatic carbocycles. The molecule has 2 saturated heterocycles. The second-order valence-corrected chi connectivity index (χ2v) is 10.9. The van der Waals surface area contributed by atoms with Gasteiger partial charge in [-0.3, -0.25) is 4.90 Å². The molecule has 1 aromatic heterocycles. The third-order valence-corrected chi connectivity index (χ3v) is 8.04. The fraction of sp³-hybridized carbons (Fsp3) is 0.357. The van der Waals surface area contributed by atoms with Gasteiger partial charge >= 0.3 is 13.2 Å². The van der Waals surface area contributed by atoms with E-state index >= 15 is 0 Å². The summed E-state index contributed by atoms with van der Waals surface area (Å²) < 4.78 is 12.4. The predicted octanol–water partition coefficient (Wildman–Crippen LogP) is 5.50. The Balaban J connectivity index is 1.29. The van der Waals surface area contributed by atoms with Crippen LogP contribution in [0.4, 0.5) is 4.79 Å². The molecule has 36 heavy (non-hydrogen) atoms. The number of rotatable bonds is 3. The van der Waals surface area contributed by atoms with Gasteiger partial charge in [0.2, 0.25) is 0 Å². The van der Waals surface area contributed by atoms with Crippen LogP contribution in [0.15, 0.2) is 54.6 Å². The summed E-state index contributed by atoms with van der Waals surface area (Å²) >= 11 is 0. The fourth-order valence-electron chi connectivity index (χ4n) is 5.22. The first-order chi connectivity index (χ1) is 17.1. The number of hydrogen-bond donors (Lipinski definition) is 2. The highest BCUT2D eigenvalue weighted by Crippen LogP contribution is 2.37. The van der Waals surface area contributed by atoms with Gasteiger partial charge in [0, 0.05) is 6.54 Å². The lowest BCUT2D eigenvalue weighted by molar-refractivity contribution is 0.00578. The van der Waals surface area contributed by atoms with Gasteiger partial charge in [-0.15, -0.1) is 0 Å². The van der Waals surface area contributed by atoms with Crippen LogP contribution in [-0.2, 0) is 9.31 Å². The molecule has 0 aliphatic carbocycles. The maximum absolute atomic E-state index is 11.6. The number of nitrogens with one attached hydrogen (secondary N) is 1. The second-order valence-electron chi connectivity index (χ2n) is 10.9. The standard InChI is InChI=1S/C28H30BN3O4/c1-27(2)28(3,4)36-29(35-27)21-11-9-18-14-17(7-8-19(18)15-21)20-10-12-22-23(16-20)31-25(30-22)24-6-5-13-32(24)26(33)34/h7-12,14-16,24H,5-6,13H2,1-4H3,(H,30,31)(H,33,34). The summed E-state index contributed by atoms with van der Waals surface area (Å²) in [6, 6.07) is 18.7. The molecule has 1 unspecified atom stereocenters. The Kier molecular flexibility index (Phi) is 5.18. The Morgan fingerprint density at radius 1 is 1.00 bits per heavy atom. The summed E-state index contributed by atoms with van der Waals surface area (Å²) in [4.78, 5) is 21.1. The average molecular weight is 483 g/mol. The lowest BCUT2D eigenvalue weighted by Gasteiger charge is -2.32. The lowest BCUT2D eigenvalue weighted by atomic mass is 9.78. The Labute approximate surface area is 210 Å². The molecule has 184 valence electrons. The van der Waals surface area contributed by atoms with Crippen molar-refractivity contribution in [3.8, 4) is 11.1 Å². The second kappa shape index (κ2) is 8.08. The normalized spacial score (nSPS) is 21.1. The summed E-state index contributed by atoms with van der Waals surface area (Å²) in [5, 5.41) is 11.8. The van der Waals surface area contributed by atoms with Gasteiger partial charge in [-0.2, -0.15) is 0 Å². The van der Waals surface area contributed by atoms with Crippen LogP contribution in [0.25, 0.3) is 32.9 Å². The topological polar surface area (TPSA) is 87.7 Å². The number of imidazole rings is 1. The number of fused-ring (bicyclic) bond motifs is 2. The van der Waals surface area contributed by atoms with Crippen LogP contribution >= 0.6 is 0 Å². The van der Waals surface area contributed by atoms with Crippen LogP contribution < -0.4 is 5.46 Å². The van der Waals surface area contributed by atoms with Gasteiger partial charge in [0.05, 0.1) is 28.3 Å². The van der Waals surface area contributed by atoms with Crippen molar-refractivity contribution in [3.05, 3.63) is 60.4 Å². The molecular weight excluding hydrogens is 453 g/mol. The number of amides is 1. The molecule has 8 heteroatoms.